The number of carbonyl (C=O) groups is 3. The van der Waals surface area contributed by atoms with Crippen LogP contribution in [0, 0.1) is 0 Å². The monoisotopic (exact) mass is 460 g/mol. The zero-order valence-corrected chi connectivity index (χ0v) is 18.7. The number of amides is 2. The Morgan fingerprint density at radius 2 is 1.56 bits per heavy atom. The van der Waals surface area contributed by atoms with Gasteiger partial charge in [0.2, 0.25) is 5.91 Å². The molecule has 1 saturated carbocycles. The second-order valence-electron chi connectivity index (χ2n) is 8.58. The van der Waals surface area contributed by atoms with E-state index in [9.17, 15) is 29.7 Å². The first-order chi connectivity index (χ1) is 16.1. The fourth-order valence-electron chi connectivity index (χ4n) is 3.94. The maximum atomic E-state index is 13.1. The van der Waals surface area contributed by atoms with Crippen LogP contribution in [0.3, 0.4) is 0 Å². The first kappa shape index (κ1) is 22.8. The molecule has 4 N–H and O–H groups in total. The predicted octanol–water partition coefficient (Wildman–Crippen LogP) is 3.84. The van der Waals surface area contributed by atoms with Crippen molar-refractivity contribution in [1.29, 1.82) is 0 Å². The highest BCUT2D eigenvalue weighted by Gasteiger charge is 2.51. The summed E-state index contributed by atoms with van der Waals surface area (Å²) < 4.78 is 0. The number of nitrogens with one attached hydrogen (secondary N) is 1. The largest absolute Gasteiger partial charge is 0.504 e. The molecule has 174 valence electrons. The van der Waals surface area contributed by atoms with Crippen molar-refractivity contribution >= 4 is 23.5 Å². The highest BCUT2D eigenvalue weighted by atomic mass is 16.4. The Kier molecular flexibility index (Phi) is 5.75. The summed E-state index contributed by atoms with van der Waals surface area (Å²) in [6.45, 7) is 0. The van der Waals surface area contributed by atoms with Gasteiger partial charge in [0.05, 0.1) is 11.0 Å². The minimum Gasteiger partial charge on any atom is -0.504 e. The number of anilines is 1. The number of benzene rings is 3. The van der Waals surface area contributed by atoms with Crippen LogP contribution >= 0.6 is 0 Å². The number of phenolic OH excluding ortho intramolecular Hbond substituents is 2. The Balaban J connectivity index is 1.64. The lowest BCUT2D eigenvalue weighted by Gasteiger charge is -2.17. The lowest BCUT2D eigenvalue weighted by molar-refractivity contribution is -0.118. The molecule has 0 aromatic heterocycles. The smallest absolute Gasteiger partial charge is 0.336 e. The lowest BCUT2D eigenvalue weighted by atomic mass is 9.94. The van der Waals surface area contributed by atoms with Crippen LogP contribution < -0.4 is 5.32 Å². The van der Waals surface area contributed by atoms with E-state index in [2.05, 4.69) is 5.32 Å². The van der Waals surface area contributed by atoms with Gasteiger partial charge in [-0.05, 0) is 72.0 Å². The number of hydrogen-bond acceptors (Lipinski definition) is 5. The number of rotatable bonds is 6. The van der Waals surface area contributed by atoms with Crippen LogP contribution in [0.25, 0.3) is 11.1 Å². The summed E-state index contributed by atoms with van der Waals surface area (Å²) in [4.78, 5) is 38.6. The maximum Gasteiger partial charge on any atom is 0.336 e. The van der Waals surface area contributed by atoms with Gasteiger partial charge in [0.25, 0.3) is 5.91 Å². The fraction of sp³-hybridized carbons (Fsp3) is 0.192. The highest BCUT2D eigenvalue weighted by Crippen LogP contribution is 2.50. The number of aromatic hydroxyl groups is 2. The van der Waals surface area contributed by atoms with Gasteiger partial charge in [-0.2, -0.15) is 0 Å². The molecule has 1 aliphatic carbocycles. The van der Waals surface area contributed by atoms with Crippen molar-refractivity contribution in [3.05, 3.63) is 77.4 Å². The van der Waals surface area contributed by atoms with E-state index in [4.69, 9.17) is 0 Å². The molecule has 1 aliphatic rings. The Hall–Kier alpha value is -4.33. The summed E-state index contributed by atoms with van der Waals surface area (Å²) in [5.74, 6) is -2.10. The molecule has 3 aromatic rings. The van der Waals surface area contributed by atoms with E-state index in [1.165, 1.54) is 29.2 Å². The van der Waals surface area contributed by atoms with Gasteiger partial charge in [0.15, 0.2) is 11.5 Å². The molecule has 8 heteroatoms. The first-order valence-electron chi connectivity index (χ1n) is 10.7. The predicted molar refractivity (Wildman–Crippen MR) is 126 cm³/mol. The van der Waals surface area contributed by atoms with Crippen LogP contribution in [0.1, 0.15) is 39.1 Å². The van der Waals surface area contributed by atoms with Crippen molar-refractivity contribution in [2.24, 2.45) is 0 Å². The molecule has 8 nitrogen and oxygen atoms in total. The molecule has 4 rings (SSSR count). The third kappa shape index (κ3) is 4.17. The molecule has 0 aliphatic heterocycles. The van der Waals surface area contributed by atoms with Crippen molar-refractivity contribution in [2.45, 2.75) is 18.3 Å². The molecule has 2 amide bonds. The third-order valence-electron chi connectivity index (χ3n) is 6.07. The van der Waals surface area contributed by atoms with Crippen LogP contribution in [-0.2, 0) is 10.2 Å². The zero-order chi connectivity index (χ0) is 24.6. The average molecular weight is 460 g/mol. The standard InChI is InChI=1S/C26H24N2O6/c1-28(2)23(31)16-5-3-15(4-6-16)20-14-18(8-9-19(20)24(32)33)27-25(34)26(11-12-26)17-7-10-21(29)22(30)13-17/h3-10,13-14,29-30H,11-12H2,1-2H3,(H,27,34)(H,32,33). The van der Waals surface area contributed by atoms with Gasteiger partial charge in [0.1, 0.15) is 0 Å². The average Bonchev–Trinajstić information content (AvgIpc) is 3.62. The molecular formula is C26H24N2O6. The van der Waals surface area contributed by atoms with Crippen molar-refractivity contribution < 1.29 is 29.7 Å². The second kappa shape index (κ2) is 8.55. The van der Waals surface area contributed by atoms with Crippen LogP contribution in [-0.4, -0.2) is 52.1 Å². The lowest BCUT2D eigenvalue weighted by Crippen LogP contribution is -2.27. The molecule has 0 unspecified atom stereocenters. The number of aromatic carboxylic acids is 1. The summed E-state index contributed by atoms with van der Waals surface area (Å²) in [6.07, 6.45) is 1.18. The Bertz CT molecular complexity index is 1290. The molecule has 0 atom stereocenters. The molecule has 0 radical (unpaired) electrons. The Morgan fingerprint density at radius 3 is 2.12 bits per heavy atom. The van der Waals surface area contributed by atoms with Gasteiger partial charge in [-0.15, -0.1) is 0 Å². The molecule has 1 fully saturated rings. The van der Waals surface area contributed by atoms with E-state index in [1.54, 1.807) is 50.5 Å². The SMILES string of the molecule is CN(C)C(=O)c1ccc(-c2cc(NC(=O)C3(c4ccc(O)c(O)c4)CC3)ccc2C(=O)O)cc1. The number of phenols is 2. The van der Waals surface area contributed by atoms with Gasteiger partial charge < -0.3 is 25.5 Å². The van der Waals surface area contributed by atoms with Gasteiger partial charge in [-0.25, -0.2) is 4.79 Å². The summed E-state index contributed by atoms with van der Waals surface area (Å²) in [7, 11) is 3.30. The van der Waals surface area contributed by atoms with E-state index in [1.807, 2.05) is 0 Å². The minimum atomic E-state index is -1.11. The molecular weight excluding hydrogens is 436 g/mol. The first-order valence-corrected chi connectivity index (χ1v) is 10.7. The van der Waals surface area contributed by atoms with E-state index in [0.717, 1.165) is 0 Å². The summed E-state index contributed by atoms with van der Waals surface area (Å²) >= 11 is 0. The van der Waals surface area contributed by atoms with Gasteiger partial charge in [-0.1, -0.05) is 18.2 Å². The Labute approximate surface area is 196 Å². The van der Waals surface area contributed by atoms with Gasteiger partial charge in [0, 0.05) is 25.3 Å². The zero-order valence-electron chi connectivity index (χ0n) is 18.7. The number of carbonyl (C=O) groups excluding carboxylic acids is 2. The quantitative estimate of drug-likeness (QED) is 0.414. The number of carboxylic acids is 1. The normalized spacial score (nSPS) is 13.7. The van der Waals surface area contributed by atoms with Crippen LogP contribution in [0.2, 0.25) is 0 Å². The van der Waals surface area contributed by atoms with E-state index in [-0.39, 0.29) is 28.9 Å². The minimum absolute atomic E-state index is 0.0641. The Morgan fingerprint density at radius 1 is 0.882 bits per heavy atom. The number of hydrogen-bond donors (Lipinski definition) is 4. The van der Waals surface area contributed by atoms with E-state index in [0.29, 0.717) is 40.8 Å². The van der Waals surface area contributed by atoms with Crippen molar-refractivity contribution in [3.8, 4) is 22.6 Å². The molecule has 0 saturated heterocycles. The molecule has 34 heavy (non-hydrogen) atoms. The van der Waals surface area contributed by atoms with Gasteiger partial charge in [-0.3, -0.25) is 9.59 Å². The van der Waals surface area contributed by atoms with Gasteiger partial charge >= 0.3 is 5.97 Å². The third-order valence-corrected chi connectivity index (χ3v) is 6.07. The fourth-order valence-corrected chi connectivity index (χ4v) is 3.94. The molecule has 0 spiro atoms. The number of carboxylic acid groups (broad SMARTS) is 1. The molecule has 0 bridgehead atoms. The highest BCUT2D eigenvalue weighted by molar-refractivity contribution is 6.03. The summed E-state index contributed by atoms with van der Waals surface area (Å²) in [6, 6.07) is 15.5. The molecule has 0 heterocycles. The topological polar surface area (TPSA) is 127 Å². The second-order valence-corrected chi connectivity index (χ2v) is 8.58. The summed E-state index contributed by atoms with van der Waals surface area (Å²) in [5.41, 5.74) is 1.74. The van der Waals surface area contributed by atoms with Crippen molar-refractivity contribution in [1.82, 2.24) is 4.90 Å². The number of nitrogens with zero attached hydrogens (tertiary/aromatic N) is 1. The van der Waals surface area contributed by atoms with Crippen LogP contribution in [0.4, 0.5) is 5.69 Å². The van der Waals surface area contributed by atoms with Crippen molar-refractivity contribution in [2.75, 3.05) is 19.4 Å². The van der Waals surface area contributed by atoms with E-state index >= 15 is 0 Å². The van der Waals surface area contributed by atoms with E-state index < -0.39 is 11.4 Å². The van der Waals surface area contributed by atoms with Crippen LogP contribution in [0.5, 0.6) is 11.5 Å². The van der Waals surface area contributed by atoms with Crippen LogP contribution in [0.15, 0.2) is 60.7 Å². The maximum absolute atomic E-state index is 13.1. The molecule has 3 aromatic carbocycles. The summed E-state index contributed by atoms with van der Waals surface area (Å²) in [5, 5.41) is 31.9. The van der Waals surface area contributed by atoms with Crippen molar-refractivity contribution in [3.63, 3.8) is 0 Å².